The highest BCUT2D eigenvalue weighted by Gasteiger charge is 2.20. The van der Waals surface area contributed by atoms with Crippen LogP contribution < -0.4 is 0 Å². The first kappa shape index (κ1) is 24.0. The third-order valence-electron chi connectivity index (χ3n) is 6.49. The number of hydrogen-bond acceptors (Lipinski definition) is 0. The predicted molar refractivity (Wildman–Crippen MR) is 116 cm³/mol. The Kier molecular flexibility index (Phi) is 16.9. The SMILES string of the molecule is CCCCCCC1CCCCCCCCCCCCCCCCCC1F. The molecule has 1 aliphatic rings. The molecule has 156 valence electrons. The van der Waals surface area contributed by atoms with Crippen molar-refractivity contribution >= 4 is 0 Å². The lowest BCUT2D eigenvalue weighted by molar-refractivity contribution is 0.182. The highest BCUT2D eigenvalue weighted by Crippen LogP contribution is 2.27. The fourth-order valence-corrected chi connectivity index (χ4v) is 4.62. The summed E-state index contributed by atoms with van der Waals surface area (Å²) < 4.78 is 14.8. The molecule has 26 heavy (non-hydrogen) atoms. The molecule has 0 radical (unpaired) electrons. The van der Waals surface area contributed by atoms with E-state index < -0.39 is 6.17 Å². The number of unbranched alkanes of at least 4 members (excludes halogenated alkanes) is 3. The van der Waals surface area contributed by atoms with Crippen molar-refractivity contribution in [2.45, 2.75) is 154 Å². The van der Waals surface area contributed by atoms with Crippen molar-refractivity contribution in [3.05, 3.63) is 0 Å². The largest absolute Gasteiger partial charge is 0.247 e. The van der Waals surface area contributed by atoms with Crippen LogP contribution in [0.15, 0.2) is 0 Å². The van der Waals surface area contributed by atoms with E-state index in [1.54, 1.807) is 0 Å². The summed E-state index contributed by atoms with van der Waals surface area (Å²) in [7, 11) is 0. The molecule has 2 unspecified atom stereocenters. The average Bonchev–Trinajstić information content (AvgIpc) is 2.65. The van der Waals surface area contributed by atoms with Gasteiger partial charge in [0.2, 0.25) is 0 Å². The highest BCUT2D eigenvalue weighted by atomic mass is 19.1. The van der Waals surface area contributed by atoms with E-state index in [4.69, 9.17) is 0 Å². The topological polar surface area (TPSA) is 0 Å². The van der Waals surface area contributed by atoms with E-state index in [1.165, 1.54) is 116 Å². The fourth-order valence-electron chi connectivity index (χ4n) is 4.62. The number of rotatable bonds is 5. The molecule has 1 fully saturated rings. The van der Waals surface area contributed by atoms with E-state index in [0.29, 0.717) is 5.92 Å². The van der Waals surface area contributed by atoms with Gasteiger partial charge in [-0.3, -0.25) is 0 Å². The van der Waals surface area contributed by atoms with E-state index in [2.05, 4.69) is 6.92 Å². The van der Waals surface area contributed by atoms with Crippen molar-refractivity contribution in [2.24, 2.45) is 5.92 Å². The molecule has 1 aliphatic carbocycles. The molecular weight excluding hydrogens is 319 g/mol. The molecule has 0 aromatic heterocycles. The molecule has 0 heterocycles. The highest BCUT2D eigenvalue weighted by molar-refractivity contribution is 4.70. The predicted octanol–water partition coefficient (Wildman–Crippen LogP) is 9.56. The lowest BCUT2D eigenvalue weighted by atomic mass is 9.88. The number of alkyl halides is 1. The van der Waals surface area contributed by atoms with Gasteiger partial charge >= 0.3 is 0 Å². The standard InChI is InChI=1S/C25H49F/c1-2-3-4-18-21-24-22-19-16-14-12-10-8-6-5-7-9-11-13-15-17-20-23-25(24)26/h24-25H,2-23H2,1H3. The van der Waals surface area contributed by atoms with Gasteiger partial charge < -0.3 is 0 Å². The first-order valence-corrected chi connectivity index (χ1v) is 12.5. The van der Waals surface area contributed by atoms with Gasteiger partial charge in [-0.15, -0.1) is 0 Å². The van der Waals surface area contributed by atoms with Crippen LogP contribution >= 0.6 is 0 Å². The van der Waals surface area contributed by atoms with Crippen molar-refractivity contribution < 1.29 is 4.39 Å². The minimum atomic E-state index is -0.529. The molecule has 0 N–H and O–H groups in total. The Balaban J connectivity index is 2.33. The van der Waals surface area contributed by atoms with Gasteiger partial charge in [0, 0.05) is 0 Å². The van der Waals surface area contributed by atoms with E-state index in [0.717, 1.165) is 25.7 Å². The zero-order valence-corrected chi connectivity index (χ0v) is 18.1. The minimum Gasteiger partial charge on any atom is -0.247 e. The summed E-state index contributed by atoms with van der Waals surface area (Å²) >= 11 is 0. The van der Waals surface area contributed by atoms with Crippen LogP contribution in [0.5, 0.6) is 0 Å². The molecule has 1 rings (SSSR count). The zero-order chi connectivity index (χ0) is 18.7. The molecule has 0 aromatic rings. The van der Waals surface area contributed by atoms with Crippen LogP contribution in [0.4, 0.5) is 4.39 Å². The Labute approximate surface area is 165 Å². The summed E-state index contributed by atoms with van der Waals surface area (Å²) in [5, 5.41) is 0. The summed E-state index contributed by atoms with van der Waals surface area (Å²) in [5.41, 5.74) is 0. The third-order valence-corrected chi connectivity index (χ3v) is 6.49. The Morgan fingerprint density at radius 1 is 0.538 bits per heavy atom. The molecule has 1 heteroatoms. The quantitative estimate of drug-likeness (QED) is 0.424. The van der Waals surface area contributed by atoms with E-state index in [1.807, 2.05) is 0 Å². The molecular formula is C25H49F. The summed E-state index contributed by atoms with van der Waals surface area (Å²) in [6.07, 6.45) is 28.2. The van der Waals surface area contributed by atoms with Crippen LogP contribution in [0, 0.1) is 5.92 Å². The van der Waals surface area contributed by atoms with E-state index in [9.17, 15) is 4.39 Å². The number of halogens is 1. The Hall–Kier alpha value is -0.0700. The van der Waals surface area contributed by atoms with Crippen LogP contribution in [0.25, 0.3) is 0 Å². The van der Waals surface area contributed by atoms with Crippen molar-refractivity contribution in [2.75, 3.05) is 0 Å². The summed E-state index contributed by atoms with van der Waals surface area (Å²) in [6, 6.07) is 0. The van der Waals surface area contributed by atoms with E-state index >= 15 is 0 Å². The lowest BCUT2D eigenvalue weighted by Gasteiger charge is -2.21. The normalized spacial score (nSPS) is 26.5. The second-order valence-electron chi connectivity index (χ2n) is 9.01. The van der Waals surface area contributed by atoms with Crippen molar-refractivity contribution in [3.8, 4) is 0 Å². The molecule has 0 nitrogen and oxygen atoms in total. The monoisotopic (exact) mass is 368 g/mol. The third kappa shape index (κ3) is 14.0. The zero-order valence-electron chi connectivity index (χ0n) is 18.1. The summed E-state index contributed by atoms with van der Waals surface area (Å²) in [4.78, 5) is 0. The minimum absolute atomic E-state index is 0.355. The van der Waals surface area contributed by atoms with Gasteiger partial charge in [0.15, 0.2) is 0 Å². The molecule has 0 saturated heterocycles. The van der Waals surface area contributed by atoms with Gasteiger partial charge in [0.25, 0.3) is 0 Å². The van der Waals surface area contributed by atoms with E-state index in [-0.39, 0.29) is 0 Å². The molecule has 2 atom stereocenters. The second kappa shape index (κ2) is 18.3. The average molecular weight is 369 g/mol. The smallest absolute Gasteiger partial charge is 0.103 e. The lowest BCUT2D eigenvalue weighted by Crippen LogP contribution is -2.16. The van der Waals surface area contributed by atoms with Gasteiger partial charge in [-0.05, 0) is 25.2 Å². The molecule has 0 bridgehead atoms. The van der Waals surface area contributed by atoms with Crippen LogP contribution in [0.2, 0.25) is 0 Å². The van der Waals surface area contributed by atoms with Crippen molar-refractivity contribution in [3.63, 3.8) is 0 Å². The maximum Gasteiger partial charge on any atom is 0.103 e. The molecule has 0 aromatic carbocycles. The Morgan fingerprint density at radius 2 is 0.962 bits per heavy atom. The van der Waals surface area contributed by atoms with Gasteiger partial charge in [-0.25, -0.2) is 4.39 Å². The first-order chi connectivity index (χ1) is 12.8. The van der Waals surface area contributed by atoms with Gasteiger partial charge in [-0.2, -0.15) is 0 Å². The second-order valence-corrected chi connectivity index (χ2v) is 9.01. The first-order valence-electron chi connectivity index (χ1n) is 12.5. The number of hydrogen-bond donors (Lipinski definition) is 0. The van der Waals surface area contributed by atoms with Gasteiger partial charge in [-0.1, -0.05) is 129 Å². The summed E-state index contributed by atoms with van der Waals surface area (Å²) in [6.45, 7) is 2.26. The van der Waals surface area contributed by atoms with Crippen molar-refractivity contribution in [1.29, 1.82) is 0 Å². The molecule has 1 saturated carbocycles. The van der Waals surface area contributed by atoms with Crippen LogP contribution in [-0.2, 0) is 0 Å². The molecule has 0 spiro atoms. The van der Waals surface area contributed by atoms with Crippen LogP contribution in [0.3, 0.4) is 0 Å². The molecule has 0 amide bonds. The van der Waals surface area contributed by atoms with Gasteiger partial charge in [0.1, 0.15) is 6.17 Å². The summed E-state index contributed by atoms with van der Waals surface area (Å²) in [5.74, 6) is 0.355. The molecule has 0 aliphatic heterocycles. The fraction of sp³-hybridized carbons (Fsp3) is 1.00. The van der Waals surface area contributed by atoms with Crippen molar-refractivity contribution in [1.82, 2.24) is 0 Å². The van der Waals surface area contributed by atoms with Crippen LogP contribution in [0.1, 0.15) is 148 Å². The maximum absolute atomic E-state index is 14.8. The Bertz CT molecular complexity index is 275. The maximum atomic E-state index is 14.8. The van der Waals surface area contributed by atoms with Gasteiger partial charge in [0.05, 0.1) is 0 Å². The Morgan fingerprint density at radius 3 is 1.42 bits per heavy atom. The van der Waals surface area contributed by atoms with Crippen LogP contribution in [-0.4, -0.2) is 6.17 Å².